The van der Waals surface area contributed by atoms with Gasteiger partial charge in [0.25, 0.3) is 0 Å². The van der Waals surface area contributed by atoms with Crippen molar-refractivity contribution in [2.75, 3.05) is 0 Å². The van der Waals surface area contributed by atoms with Crippen molar-refractivity contribution in [3.63, 3.8) is 0 Å². The Morgan fingerprint density at radius 1 is 1.31 bits per heavy atom. The second-order valence-electron chi connectivity index (χ2n) is 3.19. The average Bonchev–Trinajstić information content (AvgIpc) is 2.50. The summed E-state index contributed by atoms with van der Waals surface area (Å²) in [6, 6.07) is 4.54. The van der Waals surface area contributed by atoms with Crippen LogP contribution in [0.25, 0.3) is 10.1 Å². The van der Waals surface area contributed by atoms with Crippen LogP contribution in [0.1, 0.15) is 4.88 Å². The van der Waals surface area contributed by atoms with Crippen molar-refractivity contribution in [2.24, 2.45) is 0 Å². The number of aryl methyl sites for hydroxylation is 1. The van der Waals surface area contributed by atoms with Crippen molar-refractivity contribution in [3.05, 3.63) is 28.1 Å². The van der Waals surface area contributed by atoms with Crippen molar-refractivity contribution >= 4 is 33.0 Å². The molecule has 0 bridgehead atoms. The fourth-order valence-corrected chi connectivity index (χ4v) is 2.63. The van der Waals surface area contributed by atoms with Crippen molar-refractivity contribution in [1.82, 2.24) is 0 Å². The first-order valence-corrected chi connectivity index (χ1v) is 5.50. The molecule has 1 heterocycles. The van der Waals surface area contributed by atoms with Crippen LogP contribution in [0.15, 0.2) is 18.2 Å². The number of halogens is 4. The molecule has 1 nitrogen and oxygen atoms in total. The minimum absolute atomic E-state index is 0.000764. The second-order valence-corrected chi connectivity index (χ2v) is 4.86. The van der Waals surface area contributed by atoms with E-state index >= 15 is 0 Å². The zero-order valence-corrected chi connectivity index (χ0v) is 9.63. The second kappa shape index (κ2) is 3.82. The number of alkyl halides is 3. The third-order valence-corrected chi connectivity index (χ3v) is 3.35. The topological polar surface area (TPSA) is 9.23 Å². The number of ether oxygens (including phenoxy) is 1. The molecule has 0 radical (unpaired) electrons. The smallest absolute Gasteiger partial charge is 0.404 e. The Bertz CT molecular complexity index is 533. The summed E-state index contributed by atoms with van der Waals surface area (Å²) in [5, 5.41) is 0.588. The van der Waals surface area contributed by atoms with Crippen LogP contribution >= 0.6 is 22.9 Å². The minimum Gasteiger partial charge on any atom is -0.404 e. The molecule has 86 valence electrons. The van der Waals surface area contributed by atoms with Gasteiger partial charge >= 0.3 is 6.36 Å². The molecule has 0 saturated heterocycles. The SMILES string of the molecule is Cc1cc2c(Cl)c(OC(F)(F)F)ccc2s1. The maximum Gasteiger partial charge on any atom is 0.573 e. The van der Waals surface area contributed by atoms with E-state index < -0.39 is 6.36 Å². The average molecular weight is 267 g/mol. The van der Waals surface area contributed by atoms with Crippen LogP contribution < -0.4 is 4.74 Å². The molecular weight excluding hydrogens is 261 g/mol. The highest BCUT2D eigenvalue weighted by Gasteiger charge is 2.32. The van der Waals surface area contributed by atoms with Crippen LogP contribution in [0.3, 0.4) is 0 Å². The first kappa shape index (κ1) is 11.5. The van der Waals surface area contributed by atoms with E-state index in [0.717, 1.165) is 9.58 Å². The zero-order chi connectivity index (χ0) is 11.9. The summed E-state index contributed by atoms with van der Waals surface area (Å²) in [6.45, 7) is 1.87. The largest absolute Gasteiger partial charge is 0.573 e. The van der Waals surface area contributed by atoms with Gasteiger partial charge in [0.1, 0.15) is 5.75 Å². The molecule has 0 aliphatic heterocycles. The monoisotopic (exact) mass is 266 g/mol. The third-order valence-electron chi connectivity index (χ3n) is 1.95. The van der Waals surface area contributed by atoms with Gasteiger partial charge in [0, 0.05) is 15.0 Å². The molecule has 0 spiro atoms. The van der Waals surface area contributed by atoms with E-state index in [0.29, 0.717) is 5.39 Å². The van der Waals surface area contributed by atoms with E-state index in [1.165, 1.54) is 17.4 Å². The molecule has 16 heavy (non-hydrogen) atoms. The van der Waals surface area contributed by atoms with E-state index in [9.17, 15) is 13.2 Å². The molecule has 6 heteroatoms. The standard InChI is InChI=1S/C10H6ClF3OS/c1-5-4-6-8(16-5)3-2-7(9(6)11)15-10(12,13)14/h2-4H,1H3. The van der Waals surface area contributed by atoms with Crippen LogP contribution in [0, 0.1) is 6.92 Å². The van der Waals surface area contributed by atoms with Gasteiger partial charge in [0.15, 0.2) is 0 Å². The van der Waals surface area contributed by atoms with Crippen molar-refractivity contribution in [1.29, 1.82) is 0 Å². The summed E-state index contributed by atoms with van der Waals surface area (Å²) in [6.07, 6.45) is -4.72. The molecule has 0 fully saturated rings. The lowest BCUT2D eigenvalue weighted by atomic mass is 10.2. The van der Waals surface area contributed by atoms with E-state index in [1.54, 1.807) is 12.1 Å². The van der Waals surface area contributed by atoms with Crippen LogP contribution in [0.5, 0.6) is 5.75 Å². The highest BCUT2D eigenvalue weighted by atomic mass is 35.5. The van der Waals surface area contributed by atoms with E-state index in [1.807, 2.05) is 6.92 Å². The number of fused-ring (bicyclic) bond motifs is 1. The lowest BCUT2D eigenvalue weighted by Crippen LogP contribution is -2.17. The predicted molar refractivity (Wildman–Crippen MR) is 58.3 cm³/mol. The number of hydrogen-bond acceptors (Lipinski definition) is 2. The summed E-state index contributed by atoms with van der Waals surface area (Å²) in [4.78, 5) is 0.987. The normalized spacial score (nSPS) is 12.1. The summed E-state index contributed by atoms with van der Waals surface area (Å²) in [7, 11) is 0. The number of thiophene rings is 1. The van der Waals surface area contributed by atoms with Crippen LogP contribution in [-0.2, 0) is 0 Å². The van der Waals surface area contributed by atoms with Crippen molar-refractivity contribution < 1.29 is 17.9 Å². The molecule has 1 aromatic carbocycles. The Labute approximate surface area is 98.4 Å². The molecule has 0 atom stereocenters. The van der Waals surface area contributed by atoms with Crippen molar-refractivity contribution in [3.8, 4) is 5.75 Å². The molecule has 0 unspecified atom stereocenters. The van der Waals surface area contributed by atoms with Gasteiger partial charge in [-0.05, 0) is 25.1 Å². The van der Waals surface area contributed by atoms with Gasteiger partial charge < -0.3 is 4.74 Å². The van der Waals surface area contributed by atoms with Crippen LogP contribution in [0.2, 0.25) is 5.02 Å². The highest BCUT2D eigenvalue weighted by Crippen LogP contribution is 2.38. The first-order valence-electron chi connectivity index (χ1n) is 4.31. The summed E-state index contributed by atoms with van der Waals surface area (Å²) >= 11 is 7.31. The van der Waals surface area contributed by atoms with Crippen LogP contribution in [0.4, 0.5) is 13.2 Å². The van der Waals surface area contributed by atoms with Gasteiger partial charge in [-0.1, -0.05) is 11.6 Å². The Hall–Kier alpha value is -0.940. The Morgan fingerprint density at radius 2 is 2.00 bits per heavy atom. The number of benzene rings is 1. The molecule has 0 amide bonds. The van der Waals surface area contributed by atoms with Gasteiger partial charge in [-0.3, -0.25) is 0 Å². The summed E-state index contributed by atoms with van der Waals surface area (Å²) in [5.74, 6) is -0.362. The molecule has 0 saturated carbocycles. The maximum atomic E-state index is 12.0. The molecule has 0 N–H and O–H groups in total. The molecular formula is C10H6ClF3OS. The van der Waals surface area contributed by atoms with Crippen molar-refractivity contribution in [2.45, 2.75) is 13.3 Å². The number of rotatable bonds is 1. The van der Waals surface area contributed by atoms with Gasteiger partial charge in [-0.15, -0.1) is 24.5 Å². The first-order chi connectivity index (χ1) is 7.37. The van der Waals surface area contributed by atoms with Gasteiger partial charge in [0.05, 0.1) is 5.02 Å². The quantitative estimate of drug-likeness (QED) is 0.723. The molecule has 2 rings (SSSR count). The zero-order valence-electron chi connectivity index (χ0n) is 8.06. The summed E-state index contributed by atoms with van der Waals surface area (Å²) in [5.41, 5.74) is 0. The molecule has 0 aliphatic carbocycles. The fourth-order valence-electron chi connectivity index (χ4n) is 1.39. The van der Waals surface area contributed by atoms with E-state index in [4.69, 9.17) is 11.6 Å². The van der Waals surface area contributed by atoms with Gasteiger partial charge in [-0.2, -0.15) is 0 Å². The predicted octanol–water partition coefficient (Wildman–Crippen LogP) is 4.76. The van der Waals surface area contributed by atoms with Gasteiger partial charge in [-0.25, -0.2) is 0 Å². The van der Waals surface area contributed by atoms with Gasteiger partial charge in [0.2, 0.25) is 0 Å². The third kappa shape index (κ3) is 2.25. The van der Waals surface area contributed by atoms with E-state index in [2.05, 4.69) is 4.74 Å². The molecule has 0 aliphatic rings. The Morgan fingerprint density at radius 3 is 2.62 bits per heavy atom. The molecule has 2 aromatic rings. The fraction of sp³-hybridized carbons (Fsp3) is 0.200. The van der Waals surface area contributed by atoms with E-state index in [-0.39, 0.29) is 10.8 Å². The summed E-state index contributed by atoms with van der Waals surface area (Å²) < 4.78 is 40.8. The number of hydrogen-bond donors (Lipinski definition) is 0. The Balaban J connectivity index is 2.52. The molecule has 1 aromatic heterocycles. The Kier molecular flexibility index (Phi) is 2.75. The minimum atomic E-state index is -4.72. The lowest BCUT2D eigenvalue weighted by molar-refractivity contribution is -0.274. The van der Waals surface area contributed by atoms with Crippen LogP contribution in [-0.4, -0.2) is 6.36 Å². The lowest BCUT2D eigenvalue weighted by Gasteiger charge is -2.10. The highest BCUT2D eigenvalue weighted by molar-refractivity contribution is 7.19. The maximum absolute atomic E-state index is 12.0.